The molecule has 6 nitrogen and oxygen atoms in total. The van der Waals surface area contributed by atoms with Crippen molar-refractivity contribution in [2.75, 3.05) is 31.5 Å². The number of benzene rings is 1. The van der Waals surface area contributed by atoms with Gasteiger partial charge in [-0.3, -0.25) is 14.5 Å². The predicted octanol–water partition coefficient (Wildman–Crippen LogP) is 2.33. The highest BCUT2D eigenvalue weighted by atomic mass is 16.3. The molecule has 1 unspecified atom stereocenters. The van der Waals surface area contributed by atoms with Crippen LogP contribution >= 0.6 is 0 Å². The molecule has 27 heavy (non-hydrogen) atoms. The number of aryl methyl sites for hydroxylation is 1. The Kier molecular flexibility index (Phi) is 7.80. The Balaban J connectivity index is 1.99. The van der Waals surface area contributed by atoms with E-state index in [4.69, 9.17) is 0 Å². The van der Waals surface area contributed by atoms with Crippen LogP contribution in [0.2, 0.25) is 0 Å². The number of amides is 2. The van der Waals surface area contributed by atoms with Gasteiger partial charge in [-0.15, -0.1) is 0 Å². The molecule has 2 rings (SSSR count). The van der Waals surface area contributed by atoms with Crippen LogP contribution in [-0.2, 0) is 9.59 Å². The number of carbonyl (C=O) groups is 2. The van der Waals surface area contributed by atoms with Crippen LogP contribution in [0, 0.1) is 13.8 Å². The van der Waals surface area contributed by atoms with Crippen molar-refractivity contribution in [1.82, 2.24) is 9.80 Å². The topological polar surface area (TPSA) is 72.9 Å². The van der Waals surface area contributed by atoms with Crippen molar-refractivity contribution in [1.29, 1.82) is 0 Å². The fourth-order valence-corrected chi connectivity index (χ4v) is 3.30. The van der Waals surface area contributed by atoms with Crippen LogP contribution in [0.5, 0.6) is 0 Å². The molecule has 6 heteroatoms. The molecule has 1 aliphatic rings. The first-order valence-electron chi connectivity index (χ1n) is 9.87. The lowest BCUT2D eigenvalue weighted by molar-refractivity contribution is -0.138. The number of nitrogens with zero attached hydrogens (tertiary/aromatic N) is 2. The zero-order valence-corrected chi connectivity index (χ0v) is 17.0. The summed E-state index contributed by atoms with van der Waals surface area (Å²) in [6.07, 6.45) is 1.93. The van der Waals surface area contributed by atoms with Gasteiger partial charge in [0.05, 0.1) is 12.6 Å². The fraction of sp³-hybridized carbons (Fsp3) is 0.619. The lowest BCUT2D eigenvalue weighted by atomic mass is 10.1. The van der Waals surface area contributed by atoms with Gasteiger partial charge in [-0.2, -0.15) is 0 Å². The molecule has 2 N–H and O–H groups in total. The van der Waals surface area contributed by atoms with Gasteiger partial charge in [0.1, 0.15) is 6.54 Å². The first-order valence-corrected chi connectivity index (χ1v) is 9.87. The average Bonchev–Trinajstić information content (AvgIpc) is 2.64. The maximum absolute atomic E-state index is 12.8. The van der Waals surface area contributed by atoms with Gasteiger partial charge in [0, 0.05) is 24.8 Å². The van der Waals surface area contributed by atoms with Crippen molar-refractivity contribution < 1.29 is 14.7 Å². The number of carbonyl (C=O) groups excluding carboxylic acids is 2. The quantitative estimate of drug-likeness (QED) is 0.767. The molecule has 0 saturated carbocycles. The van der Waals surface area contributed by atoms with Crippen LogP contribution in [0.4, 0.5) is 5.69 Å². The molecule has 1 saturated heterocycles. The number of nitrogens with one attached hydrogen (secondary N) is 1. The van der Waals surface area contributed by atoms with Gasteiger partial charge in [-0.25, -0.2) is 0 Å². The molecule has 0 aromatic heterocycles. The molecule has 0 spiro atoms. The maximum Gasteiger partial charge on any atom is 0.244 e. The molecule has 150 valence electrons. The third kappa shape index (κ3) is 6.04. The van der Waals surface area contributed by atoms with Crippen LogP contribution in [0.3, 0.4) is 0 Å². The van der Waals surface area contributed by atoms with Gasteiger partial charge >= 0.3 is 0 Å². The predicted molar refractivity (Wildman–Crippen MR) is 108 cm³/mol. The minimum Gasteiger partial charge on any atom is -0.393 e. The maximum atomic E-state index is 12.8. The van der Waals surface area contributed by atoms with Crippen molar-refractivity contribution in [3.05, 3.63) is 29.3 Å². The number of aliphatic hydroxyl groups excluding tert-OH is 1. The molecule has 1 heterocycles. The molecule has 0 bridgehead atoms. The first kappa shape index (κ1) is 21.4. The minimum absolute atomic E-state index is 0.00256. The summed E-state index contributed by atoms with van der Waals surface area (Å²) in [6.45, 7) is 9.77. The van der Waals surface area contributed by atoms with Crippen molar-refractivity contribution >= 4 is 17.5 Å². The van der Waals surface area contributed by atoms with E-state index in [0.717, 1.165) is 36.3 Å². The molecule has 1 atom stereocenters. The Bertz CT molecular complexity index is 654. The van der Waals surface area contributed by atoms with E-state index >= 15 is 0 Å². The number of anilines is 1. The smallest absolute Gasteiger partial charge is 0.244 e. The van der Waals surface area contributed by atoms with Crippen molar-refractivity contribution in [3.63, 3.8) is 0 Å². The van der Waals surface area contributed by atoms with Crippen LogP contribution in [0.15, 0.2) is 18.2 Å². The molecule has 1 aromatic rings. The molecule has 2 amide bonds. The normalized spacial score (nSPS) is 16.8. The lowest BCUT2D eigenvalue weighted by Crippen LogP contribution is -2.49. The van der Waals surface area contributed by atoms with E-state index in [1.807, 2.05) is 45.9 Å². The van der Waals surface area contributed by atoms with E-state index in [1.165, 1.54) is 0 Å². The molecule has 1 aromatic carbocycles. The zero-order chi connectivity index (χ0) is 20.0. The number of hydrogen-bond donors (Lipinski definition) is 2. The third-order valence-electron chi connectivity index (χ3n) is 5.55. The van der Waals surface area contributed by atoms with Crippen LogP contribution in [0.25, 0.3) is 0 Å². The SMILES string of the molecule is CCC(C)N(CC(=O)Nc1cccc(C)c1C)C(=O)CN1CCC(O)CC1. The number of likely N-dealkylation sites (tertiary alicyclic amines) is 1. The monoisotopic (exact) mass is 375 g/mol. The van der Waals surface area contributed by atoms with Gasteiger partial charge in [0.2, 0.25) is 11.8 Å². The highest BCUT2D eigenvalue weighted by Gasteiger charge is 2.26. The molecule has 1 aliphatic heterocycles. The molecular formula is C21H33N3O3. The summed E-state index contributed by atoms with van der Waals surface area (Å²) in [6, 6.07) is 5.81. The fourth-order valence-electron chi connectivity index (χ4n) is 3.30. The van der Waals surface area contributed by atoms with E-state index in [1.54, 1.807) is 4.90 Å². The third-order valence-corrected chi connectivity index (χ3v) is 5.55. The van der Waals surface area contributed by atoms with E-state index in [9.17, 15) is 14.7 Å². The van der Waals surface area contributed by atoms with E-state index in [2.05, 4.69) is 10.2 Å². The molecule has 1 fully saturated rings. The summed E-state index contributed by atoms with van der Waals surface area (Å²) in [7, 11) is 0. The Morgan fingerprint density at radius 3 is 2.59 bits per heavy atom. The second kappa shape index (κ2) is 9.85. The highest BCUT2D eigenvalue weighted by molar-refractivity contribution is 5.95. The Hall–Kier alpha value is -1.92. The van der Waals surface area contributed by atoms with Crippen molar-refractivity contribution in [3.8, 4) is 0 Å². The summed E-state index contributed by atoms with van der Waals surface area (Å²) in [4.78, 5) is 29.2. The van der Waals surface area contributed by atoms with Crippen LogP contribution in [0.1, 0.15) is 44.2 Å². The summed E-state index contributed by atoms with van der Waals surface area (Å²) in [5.41, 5.74) is 2.95. The zero-order valence-electron chi connectivity index (χ0n) is 17.0. The first-order chi connectivity index (χ1) is 12.8. The number of rotatable bonds is 7. The lowest BCUT2D eigenvalue weighted by Gasteiger charge is -2.33. The van der Waals surface area contributed by atoms with Gasteiger partial charge in [-0.1, -0.05) is 19.1 Å². The van der Waals surface area contributed by atoms with Crippen LogP contribution in [-0.4, -0.2) is 65.0 Å². The Morgan fingerprint density at radius 2 is 1.96 bits per heavy atom. The van der Waals surface area contributed by atoms with Crippen LogP contribution < -0.4 is 5.32 Å². The number of piperidine rings is 1. The number of aliphatic hydroxyl groups is 1. The minimum atomic E-state index is -0.259. The van der Waals surface area contributed by atoms with Gasteiger partial charge in [0.25, 0.3) is 0 Å². The van der Waals surface area contributed by atoms with Crippen molar-refractivity contribution in [2.24, 2.45) is 0 Å². The standard InChI is InChI=1S/C21H33N3O3/c1-5-16(3)24(21(27)14-23-11-9-18(25)10-12-23)13-20(26)22-19-8-6-7-15(2)17(19)4/h6-8,16,18,25H,5,9-14H2,1-4H3,(H,22,26). The average molecular weight is 376 g/mol. The van der Waals surface area contributed by atoms with Gasteiger partial charge in [0.15, 0.2) is 0 Å². The second-order valence-electron chi connectivity index (χ2n) is 7.58. The Labute approximate surface area is 162 Å². The summed E-state index contributed by atoms with van der Waals surface area (Å²) < 4.78 is 0. The summed E-state index contributed by atoms with van der Waals surface area (Å²) in [5.74, 6) is -0.205. The molecular weight excluding hydrogens is 342 g/mol. The van der Waals surface area contributed by atoms with E-state index in [-0.39, 0.29) is 30.5 Å². The molecule has 0 aliphatic carbocycles. The summed E-state index contributed by atoms with van der Waals surface area (Å²) >= 11 is 0. The van der Waals surface area contributed by atoms with E-state index in [0.29, 0.717) is 19.4 Å². The molecule has 0 radical (unpaired) electrons. The van der Waals surface area contributed by atoms with E-state index < -0.39 is 0 Å². The van der Waals surface area contributed by atoms with Gasteiger partial charge < -0.3 is 15.3 Å². The Morgan fingerprint density at radius 1 is 1.30 bits per heavy atom. The largest absolute Gasteiger partial charge is 0.393 e. The summed E-state index contributed by atoms with van der Waals surface area (Å²) in [5, 5.41) is 12.6. The second-order valence-corrected chi connectivity index (χ2v) is 7.58. The highest BCUT2D eigenvalue weighted by Crippen LogP contribution is 2.18. The van der Waals surface area contributed by atoms with Crippen molar-refractivity contribution in [2.45, 2.75) is 59.1 Å². The number of hydrogen-bond acceptors (Lipinski definition) is 4. The van der Waals surface area contributed by atoms with Gasteiger partial charge in [-0.05, 0) is 57.2 Å².